The van der Waals surface area contributed by atoms with Gasteiger partial charge in [0.2, 0.25) is 29.7 Å². The van der Waals surface area contributed by atoms with Crippen LogP contribution in [0.3, 0.4) is 0 Å². The highest BCUT2D eigenvalue weighted by atomic mass is 16.7. The van der Waals surface area contributed by atoms with Gasteiger partial charge in [-0.1, -0.05) is 0 Å². The normalized spacial score (nSPS) is 27.5. The van der Waals surface area contributed by atoms with Crippen molar-refractivity contribution >= 4 is 29.6 Å². The molecule has 0 radical (unpaired) electrons. The van der Waals surface area contributed by atoms with E-state index in [0.717, 1.165) is 30.0 Å². The third kappa shape index (κ3) is 12.9. The quantitative estimate of drug-likeness (QED) is 0.0701. The number of aromatic nitrogens is 2. The van der Waals surface area contributed by atoms with Gasteiger partial charge in [-0.15, -0.1) is 0 Å². The average Bonchev–Trinajstić information content (AvgIpc) is 3.44. The van der Waals surface area contributed by atoms with E-state index in [-0.39, 0.29) is 12.5 Å². The Labute approximate surface area is 352 Å². The van der Waals surface area contributed by atoms with Crippen molar-refractivity contribution in [2.75, 3.05) is 34.0 Å². The molecule has 4 rings (SSSR count). The number of esters is 1. The van der Waals surface area contributed by atoms with E-state index in [0.29, 0.717) is 45.3 Å². The molecule has 0 aromatic carbocycles. The van der Waals surface area contributed by atoms with Crippen molar-refractivity contribution in [3.63, 3.8) is 0 Å². The minimum Gasteiger partial charge on any atom is -0.456 e. The summed E-state index contributed by atoms with van der Waals surface area (Å²) in [6, 6.07) is -0.0759. The van der Waals surface area contributed by atoms with E-state index < -0.39 is 119 Å². The summed E-state index contributed by atoms with van der Waals surface area (Å²) in [5, 5.41) is 29.7. The van der Waals surface area contributed by atoms with Crippen molar-refractivity contribution in [3.05, 3.63) is 44.9 Å². The lowest BCUT2D eigenvalue weighted by molar-refractivity contribution is -0.240. The molecule has 2 fully saturated rings. The number of ether oxygens (including phenoxy) is 7. The zero-order valence-electron chi connectivity index (χ0n) is 35.6. The highest BCUT2D eigenvalue weighted by molar-refractivity contribution is 5.95. The number of H-pyrrole nitrogens is 1. The molecular weight excluding hydrogens is 808 g/mol. The molecule has 0 bridgehead atoms. The number of amides is 4. The Hall–Kier alpha value is -4.71. The van der Waals surface area contributed by atoms with Crippen molar-refractivity contribution < 1.29 is 67.3 Å². The Bertz CT molecular complexity index is 1880. The Morgan fingerprint density at radius 2 is 1.79 bits per heavy atom. The molecule has 0 aliphatic carbocycles. The number of aromatic amines is 1. The Balaban J connectivity index is 1.50. The van der Waals surface area contributed by atoms with Crippen molar-refractivity contribution in [1.29, 1.82) is 0 Å². The summed E-state index contributed by atoms with van der Waals surface area (Å²) in [5.74, 6) is -4.63. The fourth-order valence-electron chi connectivity index (χ4n) is 7.11. The first-order valence-corrected chi connectivity index (χ1v) is 20.0. The maximum absolute atomic E-state index is 13.6. The van der Waals surface area contributed by atoms with Crippen molar-refractivity contribution in [2.45, 2.75) is 145 Å². The van der Waals surface area contributed by atoms with Gasteiger partial charge in [0.1, 0.15) is 37.1 Å². The highest BCUT2D eigenvalue weighted by Gasteiger charge is 2.60. The fraction of sp³-hybridized carbons (Fsp3) is 0.718. The molecular formula is C39H60N6O16. The molecule has 2 saturated heterocycles. The van der Waals surface area contributed by atoms with Crippen LogP contribution in [0.15, 0.2) is 33.7 Å². The molecule has 9 atom stereocenters. The monoisotopic (exact) mass is 868 g/mol. The number of carbonyl (C=O) groups is 5. The molecule has 1 unspecified atom stereocenters. The molecule has 342 valence electrons. The number of aliphatic hydroxyl groups is 2. The van der Waals surface area contributed by atoms with Gasteiger partial charge >= 0.3 is 11.7 Å². The van der Waals surface area contributed by atoms with E-state index in [1.807, 2.05) is 20.8 Å². The number of primary amides is 1. The lowest BCUT2D eigenvalue weighted by atomic mass is 9.99. The number of nitrogens with two attached hydrogens (primary N) is 1. The molecule has 61 heavy (non-hydrogen) atoms. The van der Waals surface area contributed by atoms with Gasteiger partial charge in [-0.05, 0) is 72.8 Å². The lowest BCUT2D eigenvalue weighted by Gasteiger charge is -2.37. The van der Waals surface area contributed by atoms with Gasteiger partial charge in [0.25, 0.3) is 11.5 Å². The second-order valence-electron chi connectivity index (χ2n) is 16.6. The number of rotatable bonds is 20. The topological polar surface area (TPSA) is 307 Å². The van der Waals surface area contributed by atoms with Crippen LogP contribution in [0, 0.1) is 0 Å². The maximum Gasteiger partial charge on any atom is 0.331 e. The van der Waals surface area contributed by atoms with Gasteiger partial charge in [-0.3, -0.25) is 38.3 Å². The SMILES string of the molecule is COCCC(C)(C)OCCC(C)(C)NC(=O)CCC(=O)O[C@]1(n2ccc(=O)[nH]c2=O)CO[C@H]([C@@H](O[C@H]2OC(C(=O)NC3CCC[C@@H](C)NC3=O)=C[C@H](O)[C@@H]2O)C(N)=O)[C@H]1OC. The maximum atomic E-state index is 13.6. The second-order valence-corrected chi connectivity index (χ2v) is 16.6. The molecule has 4 amide bonds. The van der Waals surface area contributed by atoms with E-state index in [1.54, 1.807) is 21.0 Å². The molecule has 0 spiro atoms. The first-order valence-electron chi connectivity index (χ1n) is 20.0. The third-order valence-electron chi connectivity index (χ3n) is 10.6. The van der Waals surface area contributed by atoms with Crippen LogP contribution in [-0.2, 0) is 62.9 Å². The average molecular weight is 869 g/mol. The first kappa shape index (κ1) is 49.0. The fourth-order valence-corrected chi connectivity index (χ4v) is 7.11. The van der Waals surface area contributed by atoms with Crippen LogP contribution in [0.25, 0.3) is 0 Å². The van der Waals surface area contributed by atoms with Gasteiger partial charge in [0.05, 0.1) is 12.0 Å². The molecule has 1 aromatic heterocycles. The van der Waals surface area contributed by atoms with E-state index >= 15 is 0 Å². The molecule has 4 heterocycles. The van der Waals surface area contributed by atoms with Gasteiger partial charge in [-0.25, -0.2) is 4.79 Å². The Morgan fingerprint density at radius 1 is 1.07 bits per heavy atom. The summed E-state index contributed by atoms with van der Waals surface area (Å²) >= 11 is 0. The van der Waals surface area contributed by atoms with E-state index in [1.165, 1.54) is 0 Å². The molecule has 8 N–H and O–H groups in total. The molecule has 22 nitrogen and oxygen atoms in total. The third-order valence-corrected chi connectivity index (χ3v) is 10.6. The summed E-state index contributed by atoms with van der Waals surface area (Å²) in [7, 11) is 2.74. The number of nitrogens with one attached hydrogen (secondary N) is 4. The predicted molar refractivity (Wildman–Crippen MR) is 211 cm³/mol. The standard InChI is InChI=1S/C39H60N6O16/c1-21-9-8-10-22(33(52)41-21)42-34(53)24-19-23(46)28(50)35(59-24)60-30(32(40)51)29-31(56-7)39(20-57-29,45-16-13-25(47)43-36(45)54)61-27(49)12-11-26(48)44-37(2,3)14-18-58-38(4,5)15-17-55-6/h13,16,19,21-23,28-31,35,46,50H,8-12,14-15,17-18,20H2,1-7H3,(H2,40,51)(H,41,52)(H,42,53)(H,44,48)(H,43,47,54)/t21-,22?,23+,28+,29-,30-,31-,35-,39-/m1/s1. The van der Waals surface area contributed by atoms with Crippen molar-refractivity contribution in [3.8, 4) is 0 Å². The van der Waals surface area contributed by atoms with Crippen LogP contribution < -0.4 is 32.9 Å². The summed E-state index contributed by atoms with van der Waals surface area (Å²) in [5.41, 5.74) is 0.458. The van der Waals surface area contributed by atoms with Crippen LogP contribution in [-0.4, -0.2) is 143 Å². The smallest absolute Gasteiger partial charge is 0.331 e. The number of carbonyl (C=O) groups excluding carboxylic acids is 5. The summed E-state index contributed by atoms with van der Waals surface area (Å²) < 4.78 is 40.8. The van der Waals surface area contributed by atoms with Crippen LogP contribution in [0.4, 0.5) is 0 Å². The van der Waals surface area contributed by atoms with Crippen molar-refractivity contribution in [1.82, 2.24) is 25.5 Å². The highest BCUT2D eigenvalue weighted by Crippen LogP contribution is 2.38. The molecule has 1 aromatic rings. The van der Waals surface area contributed by atoms with Crippen LogP contribution in [0.1, 0.15) is 79.6 Å². The molecule has 22 heteroatoms. The number of methoxy groups -OCH3 is 2. The van der Waals surface area contributed by atoms with Crippen LogP contribution in [0.5, 0.6) is 0 Å². The van der Waals surface area contributed by atoms with E-state index in [4.69, 9.17) is 38.9 Å². The van der Waals surface area contributed by atoms with Crippen LogP contribution in [0.2, 0.25) is 0 Å². The summed E-state index contributed by atoms with van der Waals surface area (Å²) in [6.07, 6.45) is -7.03. The van der Waals surface area contributed by atoms with Gasteiger partial charge < -0.3 is 65.1 Å². The lowest BCUT2D eigenvalue weighted by Crippen LogP contribution is -2.59. The summed E-state index contributed by atoms with van der Waals surface area (Å²) in [6.45, 7) is 9.44. The number of nitrogens with zero attached hydrogens (tertiary/aromatic N) is 1. The van der Waals surface area contributed by atoms with Gasteiger partial charge in [0.15, 0.2) is 11.9 Å². The predicted octanol–water partition coefficient (Wildman–Crippen LogP) is -1.95. The minimum absolute atomic E-state index is 0.107. The van der Waals surface area contributed by atoms with Gasteiger partial charge in [-0.2, -0.15) is 0 Å². The largest absolute Gasteiger partial charge is 0.456 e. The van der Waals surface area contributed by atoms with E-state index in [9.17, 15) is 43.8 Å². The number of aliphatic hydroxyl groups excluding tert-OH is 2. The van der Waals surface area contributed by atoms with Crippen LogP contribution >= 0.6 is 0 Å². The van der Waals surface area contributed by atoms with Crippen molar-refractivity contribution in [2.24, 2.45) is 5.73 Å². The minimum atomic E-state index is -2.26. The molecule has 0 saturated carbocycles. The van der Waals surface area contributed by atoms with E-state index in [2.05, 4.69) is 20.9 Å². The number of hydrogen-bond acceptors (Lipinski definition) is 16. The molecule has 3 aliphatic rings. The molecule has 3 aliphatic heterocycles. The summed E-state index contributed by atoms with van der Waals surface area (Å²) in [4.78, 5) is 92.9. The number of hydrogen-bond donors (Lipinski definition) is 7. The Morgan fingerprint density at radius 3 is 2.44 bits per heavy atom. The zero-order valence-corrected chi connectivity index (χ0v) is 35.6. The zero-order chi connectivity index (χ0) is 45.3. The Kier molecular flexibility index (Phi) is 16.8. The first-order chi connectivity index (χ1) is 28.6. The second kappa shape index (κ2) is 20.9. The van der Waals surface area contributed by atoms with Gasteiger partial charge in [0, 0.05) is 57.7 Å².